The quantitative estimate of drug-likeness (QED) is 0.325. The predicted molar refractivity (Wildman–Crippen MR) is 102 cm³/mol. The number of hydrogen-bond acceptors (Lipinski definition) is 6. The standard InChI is InChI=1S/C19H23ClN2O3S/c1-12(2)11-24-16(23)7-4-10-26-19-22-21-18(25-19)15-6-3-5-14(17(15)20)13-8-9-13/h3,5-6,12-13H,4,7-11H2,1-2H3. The van der Waals surface area contributed by atoms with Gasteiger partial charge in [-0.15, -0.1) is 10.2 Å². The van der Waals surface area contributed by atoms with E-state index in [-0.39, 0.29) is 5.97 Å². The van der Waals surface area contributed by atoms with Crippen LogP contribution in [0.1, 0.15) is 51.0 Å². The van der Waals surface area contributed by atoms with Gasteiger partial charge in [-0.1, -0.05) is 49.3 Å². The second-order valence-electron chi connectivity index (χ2n) is 6.89. The van der Waals surface area contributed by atoms with Crippen molar-refractivity contribution in [2.45, 2.75) is 50.7 Å². The minimum absolute atomic E-state index is 0.158. The van der Waals surface area contributed by atoms with Gasteiger partial charge < -0.3 is 9.15 Å². The van der Waals surface area contributed by atoms with E-state index in [1.165, 1.54) is 24.6 Å². The Morgan fingerprint density at radius 2 is 2.19 bits per heavy atom. The van der Waals surface area contributed by atoms with Gasteiger partial charge in [0.2, 0.25) is 5.89 Å². The molecule has 0 aliphatic heterocycles. The number of thioether (sulfide) groups is 1. The molecule has 1 fully saturated rings. The maximum absolute atomic E-state index is 11.6. The Hall–Kier alpha value is -1.53. The number of nitrogens with zero attached hydrogens (tertiary/aromatic N) is 2. The van der Waals surface area contributed by atoms with Crippen molar-refractivity contribution in [1.82, 2.24) is 10.2 Å². The van der Waals surface area contributed by atoms with Crippen LogP contribution >= 0.6 is 23.4 Å². The average molecular weight is 395 g/mol. The fraction of sp³-hybridized carbons (Fsp3) is 0.526. The first-order valence-electron chi connectivity index (χ1n) is 8.95. The largest absolute Gasteiger partial charge is 0.465 e. The third-order valence-electron chi connectivity index (χ3n) is 4.01. The smallest absolute Gasteiger partial charge is 0.305 e. The zero-order valence-electron chi connectivity index (χ0n) is 15.0. The van der Waals surface area contributed by atoms with Crippen molar-refractivity contribution in [3.63, 3.8) is 0 Å². The van der Waals surface area contributed by atoms with Gasteiger partial charge in [0.1, 0.15) is 0 Å². The maximum Gasteiger partial charge on any atom is 0.305 e. The summed E-state index contributed by atoms with van der Waals surface area (Å²) in [4.78, 5) is 11.6. The first kappa shape index (κ1) is 19.2. The molecule has 140 valence electrons. The molecule has 1 aliphatic rings. The highest BCUT2D eigenvalue weighted by Crippen LogP contribution is 2.45. The first-order chi connectivity index (χ1) is 12.5. The van der Waals surface area contributed by atoms with Crippen LogP contribution in [-0.2, 0) is 9.53 Å². The summed E-state index contributed by atoms with van der Waals surface area (Å²) >= 11 is 7.95. The number of hydrogen-bond donors (Lipinski definition) is 0. The van der Waals surface area contributed by atoms with Crippen LogP contribution in [0.25, 0.3) is 11.5 Å². The summed E-state index contributed by atoms with van der Waals surface area (Å²) in [5.41, 5.74) is 1.95. The van der Waals surface area contributed by atoms with Gasteiger partial charge in [-0.2, -0.15) is 0 Å². The topological polar surface area (TPSA) is 65.2 Å². The Kier molecular flexibility index (Phi) is 6.59. The molecule has 0 N–H and O–H groups in total. The minimum atomic E-state index is -0.158. The molecule has 1 heterocycles. The summed E-state index contributed by atoms with van der Waals surface area (Å²) in [6, 6.07) is 5.95. The molecule has 0 spiro atoms. The second kappa shape index (κ2) is 8.91. The Morgan fingerprint density at radius 1 is 1.38 bits per heavy atom. The molecule has 5 nitrogen and oxygen atoms in total. The Morgan fingerprint density at radius 3 is 2.92 bits per heavy atom. The summed E-state index contributed by atoms with van der Waals surface area (Å²) < 4.78 is 10.9. The molecule has 0 radical (unpaired) electrons. The third-order valence-corrected chi connectivity index (χ3v) is 5.34. The van der Waals surface area contributed by atoms with Crippen LogP contribution < -0.4 is 0 Å². The number of ether oxygens (including phenoxy) is 1. The van der Waals surface area contributed by atoms with E-state index in [1.54, 1.807) is 0 Å². The van der Waals surface area contributed by atoms with Crippen molar-refractivity contribution < 1.29 is 13.9 Å². The minimum Gasteiger partial charge on any atom is -0.465 e. The molecule has 1 aromatic carbocycles. The molecule has 0 amide bonds. The van der Waals surface area contributed by atoms with Crippen LogP contribution in [0.2, 0.25) is 5.02 Å². The van der Waals surface area contributed by atoms with Crippen LogP contribution in [-0.4, -0.2) is 28.5 Å². The highest BCUT2D eigenvalue weighted by molar-refractivity contribution is 7.99. The lowest BCUT2D eigenvalue weighted by Gasteiger charge is -2.06. The number of rotatable bonds is 9. The zero-order valence-corrected chi connectivity index (χ0v) is 16.6. The van der Waals surface area contributed by atoms with Crippen molar-refractivity contribution in [2.75, 3.05) is 12.4 Å². The zero-order chi connectivity index (χ0) is 18.5. The molecule has 0 unspecified atom stereocenters. The van der Waals surface area contributed by atoms with E-state index in [0.717, 1.165) is 11.1 Å². The molecular formula is C19H23ClN2O3S. The number of esters is 1. The van der Waals surface area contributed by atoms with Gasteiger partial charge >= 0.3 is 5.97 Å². The van der Waals surface area contributed by atoms with Crippen LogP contribution in [0.5, 0.6) is 0 Å². The van der Waals surface area contributed by atoms with E-state index < -0.39 is 0 Å². The molecule has 1 saturated carbocycles. The summed E-state index contributed by atoms with van der Waals surface area (Å²) in [5, 5.41) is 9.39. The van der Waals surface area contributed by atoms with Gasteiger partial charge in [-0.05, 0) is 42.7 Å². The molecule has 0 saturated heterocycles. The summed E-state index contributed by atoms with van der Waals surface area (Å²) in [6.07, 6.45) is 3.48. The van der Waals surface area contributed by atoms with Crippen molar-refractivity contribution in [3.8, 4) is 11.5 Å². The molecule has 3 rings (SSSR count). The summed E-state index contributed by atoms with van der Waals surface area (Å²) in [7, 11) is 0. The number of carbonyl (C=O) groups is 1. The fourth-order valence-corrected chi connectivity index (χ4v) is 3.57. The normalized spacial score (nSPS) is 14.0. The van der Waals surface area contributed by atoms with Crippen LogP contribution in [0.4, 0.5) is 0 Å². The van der Waals surface area contributed by atoms with Crippen molar-refractivity contribution in [2.24, 2.45) is 5.92 Å². The molecule has 2 aromatic rings. The van der Waals surface area contributed by atoms with Crippen molar-refractivity contribution in [3.05, 3.63) is 28.8 Å². The molecular weight excluding hydrogens is 372 g/mol. The van der Waals surface area contributed by atoms with Gasteiger partial charge in [0.25, 0.3) is 5.22 Å². The average Bonchev–Trinajstić information content (AvgIpc) is 3.35. The first-order valence-corrected chi connectivity index (χ1v) is 10.3. The maximum atomic E-state index is 11.6. The predicted octanol–water partition coefficient (Wildman–Crippen LogP) is 5.34. The van der Waals surface area contributed by atoms with E-state index >= 15 is 0 Å². The SMILES string of the molecule is CC(C)COC(=O)CCCSc1nnc(-c2cccc(C3CC3)c2Cl)o1. The van der Waals surface area contributed by atoms with Gasteiger partial charge in [0.05, 0.1) is 17.2 Å². The van der Waals surface area contributed by atoms with Gasteiger partial charge in [-0.25, -0.2) is 0 Å². The number of benzene rings is 1. The Labute approximate surface area is 162 Å². The Bertz CT molecular complexity index is 759. The van der Waals surface area contributed by atoms with Crippen LogP contribution in [0.3, 0.4) is 0 Å². The number of halogens is 1. The molecule has 26 heavy (non-hydrogen) atoms. The summed E-state index contributed by atoms with van der Waals surface area (Å²) in [6.45, 7) is 4.51. The molecule has 1 aromatic heterocycles. The fourth-order valence-electron chi connectivity index (χ4n) is 2.51. The van der Waals surface area contributed by atoms with E-state index in [4.69, 9.17) is 20.8 Å². The highest BCUT2D eigenvalue weighted by Gasteiger charge is 2.27. The lowest BCUT2D eigenvalue weighted by atomic mass is 10.1. The lowest BCUT2D eigenvalue weighted by Crippen LogP contribution is -2.09. The van der Waals surface area contributed by atoms with Crippen LogP contribution in [0, 0.1) is 5.92 Å². The van der Waals surface area contributed by atoms with Crippen molar-refractivity contribution in [1.29, 1.82) is 0 Å². The number of aromatic nitrogens is 2. The highest BCUT2D eigenvalue weighted by atomic mass is 35.5. The summed E-state index contributed by atoms with van der Waals surface area (Å²) in [5.74, 6) is 1.92. The Balaban J connectivity index is 1.50. The molecule has 7 heteroatoms. The van der Waals surface area contributed by atoms with Gasteiger partial charge in [0, 0.05) is 12.2 Å². The van der Waals surface area contributed by atoms with E-state index in [0.29, 0.717) is 53.2 Å². The lowest BCUT2D eigenvalue weighted by molar-refractivity contribution is -0.144. The molecule has 1 aliphatic carbocycles. The second-order valence-corrected chi connectivity index (χ2v) is 8.31. The third kappa shape index (κ3) is 5.24. The van der Waals surface area contributed by atoms with E-state index in [2.05, 4.69) is 16.3 Å². The van der Waals surface area contributed by atoms with E-state index in [9.17, 15) is 4.79 Å². The monoisotopic (exact) mass is 394 g/mol. The molecule has 0 atom stereocenters. The van der Waals surface area contributed by atoms with Crippen LogP contribution in [0.15, 0.2) is 27.8 Å². The van der Waals surface area contributed by atoms with Crippen molar-refractivity contribution >= 4 is 29.3 Å². The van der Waals surface area contributed by atoms with Gasteiger partial charge in [0.15, 0.2) is 0 Å². The van der Waals surface area contributed by atoms with Gasteiger partial charge in [-0.3, -0.25) is 4.79 Å². The van der Waals surface area contributed by atoms with E-state index in [1.807, 2.05) is 26.0 Å². The molecule has 0 bridgehead atoms. The number of carbonyl (C=O) groups excluding carboxylic acids is 1.